The van der Waals surface area contributed by atoms with E-state index < -0.39 is 5.72 Å². The Morgan fingerprint density at radius 3 is 2.72 bits per heavy atom. The molecule has 32 heavy (non-hydrogen) atoms. The fraction of sp³-hybridized carbons (Fsp3) is 0.280. The average Bonchev–Trinajstić information content (AvgIpc) is 3.42. The number of hydrogen-bond acceptors (Lipinski definition) is 5. The van der Waals surface area contributed by atoms with Crippen molar-refractivity contribution in [1.29, 1.82) is 0 Å². The molecule has 7 heteroatoms. The van der Waals surface area contributed by atoms with Crippen molar-refractivity contribution in [2.45, 2.75) is 31.9 Å². The number of rotatable bonds is 5. The molecule has 3 aromatic rings. The third-order valence-corrected chi connectivity index (χ3v) is 6.06. The monoisotopic (exact) mass is 432 g/mol. The van der Waals surface area contributed by atoms with Gasteiger partial charge in [0.15, 0.2) is 5.84 Å². The van der Waals surface area contributed by atoms with E-state index in [0.717, 1.165) is 59.9 Å². The molecule has 0 amide bonds. The zero-order valence-corrected chi connectivity index (χ0v) is 18.2. The molecule has 0 aliphatic carbocycles. The van der Waals surface area contributed by atoms with Crippen LogP contribution in [0.3, 0.4) is 0 Å². The molecule has 1 atom stereocenters. The Morgan fingerprint density at radius 1 is 1.12 bits per heavy atom. The van der Waals surface area contributed by atoms with E-state index in [2.05, 4.69) is 15.0 Å². The van der Waals surface area contributed by atoms with Gasteiger partial charge < -0.3 is 19.0 Å². The van der Waals surface area contributed by atoms with Crippen LogP contribution in [-0.4, -0.2) is 33.9 Å². The molecule has 0 saturated carbocycles. The lowest BCUT2D eigenvalue weighted by molar-refractivity contribution is -0.125. The number of methoxy groups -OCH3 is 1. The molecule has 0 N–H and O–H groups in total. The van der Waals surface area contributed by atoms with Gasteiger partial charge in [-0.25, -0.2) is 9.37 Å². The fourth-order valence-electron chi connectivity index (χ4n) is 4.43. The van der Waals surface area contributed by atoms with Crippen molar-refractivity contribution in [2.75, 3.05) is 13.7 Å². The summed E-state index contributed by atoms with van der Waals surface area (Å²) in [6.45, 7) is 2.79. The summed E-state index contributed by atoms with van der Waals surface area (Å²) in [4.78, 5) is 12.5. The quantitative estimate of drug-likeness (QED) is 0.568. The number of hydrogen-bond donors (Lipinski definition) is 0. The van der Waals surface area contributed by atoms with Crippen molar-refractivity contribution < 1.29 is 14.0 Å². The summed E-state index contributed by atoms with van der Waals surface area (Å²) in [7, 11) is 1.66. The minimum Gasteiger partial charge on any atom is -0.495 e. The van der Waals surface area contributed by atoms with Gasteiger partial charge in [0, 0.05) is 24.7 Å². The summed E-state index contributed by atoms with van der Waals surface area (Å²) >= 11 is 0. The van der Waals surface area contributed by atoms with E-state index in [4.69, 9.17) is 9.57 Å². The molecule has 2 aromatic carbocycles. The van der Waals surface area contributed by atoms with Gasteiger partial charge in [-0.15, -0.1) is 0 Å². The highest BCUT2D eigenvalue weighted by molar-refractivity contribution is 5.97. The second kappa shape index (κ2) is 8.15. The van der Waals surface area contributed by atoms with Gasteiger partial charge in [-0.2, -0.15) is 0 Å². The topological polar surface area (TPSA) is 51.9 Å². The third kappa shape index (κ3) is 3.53. The summed E-state index contributed by atoms with van der Waals surface area (Å²) in [5.74, 6) is 1.27. The highest BCUT2D eigenvalue weighted by atomic mass is 19.1. The van der Waals surface area contributed by atoms with Gasteiger partial charge in [0.25, 0.3) is 0 Å². The van der Waals surface area contributed by atoms with Gasteiger partial charge in [0.2, 0.25) is 5.72 Å². The van der Waals surface area contributed by atoms with Crippen LogP contribution in [0.4, 0.5) is 4.39 Å². The predicted octanol–water partition coefficient (Wildman–Crippen LogP) is 5.02. The van der Waals surface area contributed by atoms with Crippen LogP contribution in [-0.2, 0) is 10.6 Å². The SMILES string of the molecule is COc1cc(/C=C/C2=NOC3(c4ccc(F)cc4)CCCCN23)ccc1-n1cnc(C)c1. The Hall–Kier alpha value is -3.61. The molecule has 5 rings (SSSR count). The average molecular weight is 432 g/mol. The standard InChI is InChI=1S/C25H25FN4O2/c1-18-16-29(17-27-18)22-11-5-19(15-23(22)31-2)6-12-24-28-32-25(13-3-4-14-30(24)25)20-7-9-21(26)10-8-20/h5-12,15-17H,3-4,13-14H2,1-2H3/b12-6+. The van der Waals surface area contributed by atoms with E-state index in [1.807, 2.05) is 48.0 Å². The third-order valence-electron chi connectivity index (χ3n) is 6.06. The smallest absolute Gasteiger partial charge is 0.237 e. The summed E-state index contributed by atoms with van der Waals surface area (Å²) in [5, 5.41) is 4.40. The molecule has 0 spiro atoms. The number of amidine groups is 1. The Kier molecular flexibility index (Phi) is 5.17. The number of nitrogens with zero attached hydrogens (tertiary/aromatic N) is 4. The lowest BCUT2D eigenvalue weighted by Crippen LogP contribution is -2.48. The van der Waals surface area contributed by atoms with Crippen LogP contribution in [0.2, 0.25) is 0 Å². The maximum atomic E-state index is 13.5. The molecule has 164 valence electrons. The Bertz CT molecular complexity index is 1180. The van der Waals surface area contributed by atoms with Gasteiger partial charge in [-0.3, -0.25) is 0 Å². The molecule has 3 heterocycles. The first-order chi connectivity index (χ1) is 15.6. The molecule has 0 bridgehead atoms. The largest absolute Gasteiger partial charge is 0.495 e. The molecule has 1 aromatic heterocycles. The van der Waals surface area contributed by atoms with Crippen LogP contribution in [0, 0.1) is 12.7 Å². The van der Waals surface area contributed by atoms with Crippen molar-refractivity contribution in [3.63, 3.8) is 0 Å². The molecule has 0 radical (unpaired) electrons. The van der Waals surface area contributed by atoms with E-state index in [0.29, 0.717) is 0 Å². The zero-order chi connectivity index (χ0) is 22.1. The first-order valence-electron chi connectivity index (χ1n) is 10.8. The summed E-state index contributed by atoms with van der Waals surface area (Å²) in [6.07, 6.45) is 10.6. The van der Waals surface area contributed by atoms with E-state index >= 15 is 0 Å². The van der Waals surface area contributed by atoms with Crippen LogP contribution < -0.4 is 4.74 Å². The maximum Gasteiger partial charge on any atom is 0.237 e. The normalized spacial score (nSPS) is 20.2. The molecule has 1 saturated heterocycles. The van der Waals surface area contributed by atoms with Crippen LogP contribution in [0.5, 0.6) is 5.75 Å². The molecule has 1 unspecified atom stereocenters. The minimum atomic E-state index is -0.660. The van der Waals surface area contributed by atoms with Gasteiger partial charge in [0.05, 0.1) is 24.8 Å². The van der Waals surface area contributed by atoms with Gasteiger partial charge in [-0.1, -0.05) is 29.4 Å². The Labute approximate surface area is 186 Å². The number of aromatic nitrogens is 2. The molecular weight excluding hydrogens is 407 g/mol. The Morgan fingerprint density at radius 2 is 1.97 bits per heavy atom. The second-order valence-electron chi connectivity index (χ2n) is 8.13. The molecule has 2 aliphatic rings. The lowest BCUT2D eigenvalue weighted by atomic mass is 9.91. The van der Waals surface area contributed by atoms with Gasteiger partial charge >= 0.3 is 0 Å². The van der Waals surface area contributed by atoms with E-state index in [-0.39, 0.29) is 5.82 Å². The van der Waals surface area contributed by atoms with E-state index in [1.54, 1.807) is 25.6 Å². The van der Waals surface area contributed by atoms with Gasteiger partial charge in [0.1, 0.15) is 11.6 Å². The highest BCUT2D eigenvalue weighted by Crippen LogP contribution is 2.43. The number of fused-ring (bicyclic) bond motifs is 1. The second-order valence-corrected chi connectivity index (χ2v) is 8.13. The Balaban J connectivity index is 1.40. The van der Waals surface area contributed by atoms with Crippen LogP contribution in [0.25, 0.3) is 11.8 Å². The number of oxime groups is 1. The molecule has 1 fully saturated rings. The predicted molar refractivity (Wildman–Crippen MR) is 121 cm³/mol. The van der Waals surface area contributed by atoms with Crippen molar-refractivity contribution in [3.05, 3.63) is 83.7 Å². The number of halogens is 1. The van der Waals surface area contributed by atoms with Crippen LogP contribution in [0.1, 0.15) is 36.1 Å². The van der Waals surface area contributed by atoms with Gasteiger partial charge in [-0.05, 0) is 55.7 Å². The van der Waals surface area contributed by atoms with E-state index in [9.17, 15) is 4.39 Å². The maximum absolute atomic E-state index is 13.5. The zero-order valence-electron chi connectivity index (χ0n) is 18.2. The highest BCUT2D eigenvalue weighted by Gasteiger charge is 2.48. The lowest BCUT2D eigenvalue weighted by Gasteiger charge is -2.40. The van der Waals surface area contributed by atoms with Crippen molar-refractivity contribution in [2.24, 2.45) is 5.16 Å². The van der Waals surface area contributed by atoms with Crippen molar-refractivity contribution in [3.8, 4) is 11.4 Å². The first kappa shape index (κ1) is 20.3. The minimum absolute atomic E-state index is 0.255. The summed E-state index contributed by atoms with van der Waals surface area (Å²) < 4.78 is 21.0. The fourth-order valence-corrected chi connectivity index (χ4v) is 4.43. The summed E-state index contributed by atoms with van der Waals surface area (Å²) in [5.41, 5.74) is 3.13. The van der Waals surface area contributed by atoms with Crippen molar-refractivity contribution in [1.82, 2.24) is 14.5 Å². The number of ether oxygens (including phenoxy) is 1. The van der Waals surface area contributed by atoms with Crippen molar-refractivity contribution >= 4 is 11.9 Å². The van der Waals surface area contributed by atoms with Crippen LogP contribution >= 0.6 is 0 Å². The van der Waals surface area contributed by atoms with Crippen LogP contribution in [0.15, 0.2) is 66.2 Å². The summed E-state index contributed by atoms with van der Waals surface area (Å²) in [6, 6.07) is 12.6. The molecular formula is C25H25FN4O2. The number of imidazole rings is 1. The first-order valence-corrected chi connectivity index (χ1v) is 10.8. The molecule has 2 aliphatic heterocycles. The number of aryl methyl sites for hydroxylation is 1. The number of piperidine rings is 1. The van der Waals surface area contributed by atoms with E-state index in [1.165, 1.54) is 12.1 Å². The number of benzene rings is 2. The molecule has 6 nitrogen and oxygen atoms in total.